The summed E-state index contributed by atoms with van der Waals surface area (Å²) in [5.74, 6) is -1.19. The molecule has 2 saturated heterocycles. The number of carbonyl (C=O) groups excluding carboxylic acids is 1. The largest absolute Gasteiger partial charge is 0.460 e. The summed E-state index contributed by atoms with van der Waals surface area (Å²) in [6, 6.07) is 0. The molecule has 0 bridgehead atoms. The number of hydrogen-bond donors (Lipinski definition) is 0. The molecule has 3 aliphatic rings. The van der Waals surface area contributed by atoms with E-state index in [-0.39, 0.29) is 24.2 Å². The first-order chi connectivity index (χ1) is 13.0. The molecule has 3 unspecified atom stereocenters. The number of unbranched alkanes of at least 4 members (excludes halogenated alkanes) is 1. The monoisotopic (exact) mass is 386 g/mol. The van der Waals surface area contributed by atoms with Gasteiger partial charge in [0.25, 0.3) is 0 Å². The molecule has 1 saturated carbocycles. The fourth-order valence-electron chi connectivity index (χ4n) is 4.55. The van der Waals surface area contributed by atoms with Crippen molar-refractivity contribution in [1.29, 1.82) is 0 Å². The number of alkyl halides is 2. The van der Waals surface area contributed by atoms with Crippen LogP contribution in [0.15, 0.2) is 12.2 Å². The normalized spacial score (nSPS) is 38.7. The van der Waals surface area contributed by atoms with Crippen LogP contribution in [0.5, 0.6) is 0 Å². The van der Waals surface area contributed by atoms with E-state index < -0.39 is 30.3 Å². The summed E-state index contributed by atoms with van der Waals surface area (Å²) in [5, 5.41) is 0. The van der Waals surface area contributed by atoms with Crippen molar-refractivity contribution in [3.8, 4) is 0 Å². The molecule has 0 radical (unpaired) electrons. The molecule has 1 aliphatic carbocycles. The SMILES string of the molecule is CCCCC(F)C(/C=C/[C@H]1[C@H]2[C@@H](C[C@@H]1C)OC(=O)[C@@H]2F)OC1CCCCO1. The van der Waals surface area contributed by atoms with Crippen molar-refractivity contribution < 1.29 is 27.8 Å². The van der Waals surface area contributed by atoms with Gasteiger partial charge in [-0.05, 0) is 43.9 Å². The summed E-state index contributed by atoms with van der Waals surface area (Å²) in [6.45, 7) is 4.69. The number of allylic oxidation sites excluding steroid dienone is 1. The van der Waals surface area contributed by atoms with Crippen molar-refractivity contribution in [2.45, 2.75) is 89.6 Å². The number of esters is 1. The predicted molar refractivity (Wildman–Crippen MR) is 97.6 cm³/mol. The van der Waals surface area contributed by atoms with E-state index in [2.05, 4.69) is 0 Å². The van der Waals surface area contributed by atoms with Crippen LogP contribution in [0.3, 0.4) is 0 Å². The van der Waals surface area contributed by atoms with E-state index in [1.807, 2.05) is 19.9 Å². The standard InChI is InChI=1S/C21H32F2O4/c1-3-4-7-15(22)16(26-18-8-5-6-11-25-18)10-9-14-13(2)12-17-19(14)20(23)21(24)27-17/h9-10,13-20H,3-8,11-12H2,1-2H3/b10-9+/t13-,14+,15?,16?,17+,18?,19-,20+/m0/s1. The number of ether oxygens (including phenoxy) is 3. The maximum Gasteiger partial charge on any atom is 0.341 e. The van der Waals surface area contributed by atoms with Crippen molar-refractivity contribution in [3.05, 3.63) is 12.2 Å². The maximum atomic E-state index is 14.8. The fraction of sp³-hybridized carbons (Fsp3) is 0.857. The van der Waals surface area contributed by atoms with Crippen LogP contribution >= 0.6 is 0 Å². The lowest BCUT2D eigenvalue weighted by atomic mass is 9.86. The highest BCUT2D eigenvalue weighted by Gasteiger charge is 2.54. The van der Waals surface area contributed by atoms with Crippen LogP contribution in [0.2, 0.25) is 0 Å². The Morgan fingerprint density at radius 3 is 2.89 bits per heavy atom. The Morgan fingerprint density at radius 1 is 1.37 bits per heavy atom. The highest BCUT2D eigenvalue weighted by molar-refractivity contribution is 5.77. The summed E-state index contributed by atoms with van der Waals surface area (Å²) in [7, 11) is 0. The van der Waals surface area contributed by atoms with Crippen LogP contribution in [-0.2, 0) is 19.0 Å². The first-order valence-electron chi connectivity index (χ1n) is 10.4. The molecule has 4 nitrogen and oxygen atoms in total. The van der Waals surface area contributed by atoms with E-state index in [1.165, 1.54) is 0 Å². The van der Waals surface area contributed by atoms with Crippen molar-refractivity contribution in [2.75, 3.05) is 6.61 Å². The molecule has 0 aromatic rings. The van der Waals surface area contributed by atoms with Gasteiger partial charge in [-0.1, -0.05) is 38.8 Å². The highest BCUT2D eigenvalue weighted by Crippen LogP contribution is 2.46. The van der Waals surface area contributed by atoms with Crippen LogP contribution < -0.4 is 0 Å². The third-order valence-electron chi connectivity index (χ3n) is 6.13. The molecule has 2 heterocycles. The Labute approximate surface area is 160 Å². The summed E-state index contributed by atoms with van der Waals surface area (Å²) in [6.07, 6.45) is 5.01. The lowest BCUT2D eigenvalue weighted by molar-refractivity contribution is -0.189. The van der Waals surface area contributed by atoms with E-state index in [4.69, 9.17) is 14.2 Å². The van der Waals surface area contributed by atoms with Crippen LogP contribution in [0.1, 0.15) is 58.8 Å². The molecule has 0 spiro atoms. The Bertz CT molecular complexity index is 520. The molecular weight excluding hydrogens is 354 g/mol. The average molecular weight is 386 g/mol. The fourth-order valence-corrected chi connectivity index (χ4v) is 4.55. The van der Waals surface area contributed by atoms with Crippen molar-refractivity contribution >= 4 is 5.97 Å². The molecule has 6 heteroatoms. The lowest BCUT2D eigenvalue weighted by Gasteiger charge is -2.28. The van der Waals surface area contributed by atoms with Crippen molar-refractivity contribution in [2.24, 2.45) is 17.8 Å². The average Bonchev–Trinajstić information content (AvgIpc) is 3.11. The van der Waals surface area contributed by atoms with E-state index in [0.717, 1.165) is 32.1 Å². The van der Waals surface area contributed by atoms with Gasteiger partial charge in [-0.25, -0.2) is 13.6 Å². The van der Waals surface area contributed by atoms with E-state index >= 15 is 0 Å². The quantitative estimate of drug-likeness (QED) is 0.455. The Kier molecular flexibility index (Phi) is 7.26. The second-order valence-electron chi connectivity index (χ2n) is 8.18. The molecule has 3 rings (SSSR count). The molecule has 0 aromatic carbocycles. The summed E-state index contributed by atoms with van der Waals surface area (Å²) in [5.41, 5.74) is 0. The van der Waals surface area contributed by atoms with Gasteiger partial charge in [-0.2, -0.15) is 0 Å². The summed E-state index contributed by atoms with van der Waals surface area (Å²) < 4.78 is 45.8. The van der Waals surface area contributed by atoms with E-state index in [0.29, 0.717) is 19.4 Å². The molecular formula is C21H32F2O4. The minimum Gasteiger partial charge on any atom is -0.460 e. The van der Waals surface area contributed by atoms with Crippen LogP contribution in [0.4, 0.5) is 8.78 Å². The number of rotatable bonds is 8. The molecule has 0 N–H and O–H groups in total. The van der Waals surface area contributed by atoms with Gasteiger partial charge in [0.2, 0.25) is 6.17 Å². The molecule has 0 aromatic heterocycles. The topological polar surface area (TPSA) is 44.8 Å². The zero-order valence-corrected chi connectivity index (χ0v) is 16.3. The minimum absolute atomic E-state index is 0.145. The number of hydrogen-bond acceptors (Lipinski definition) is 4. The van der Waals surface area contributed by atoms with Gasteiger partial charge >= 0.3 is 5.97 Å². The van der Waals surface area contributed by atoms with Gasteiger partial charge in [0.15, 0.2) is 6.29 Å². The van der Waals surface area contributed by atoms with Gasteiger partial charge in [0.05, 0.1) is 0 Å². The van der Waals surface area contributed by atoms with Gasteiger partial charge in [-0.3, -0.25) is 0 Å². The zero-order chi connectivity index (χ0) is 19.4. The molecule has 27 heavy (non-hydrogen) atoms. The summed E-state index contributed by atoms with van der Waals surface area (Å²) in [4.78, 5) is 11.5. The Hall–Kier alpha value is -1.01. The second kappa shape index (κ2) is 9.46. The Balaban J connectivity index is 1.68. The van der Waals surface area contributed by atoms with Gasteiger partial charge < -0.3 is 14.2 Å². The molecule has 3 fully saturated rings. The maximum absolute atomic E-state index is 14.8. The van der Waals surface area contributed by atoms with Crippen molar-refractivity contribution in [1.82, 2.24) is 0 Å². The molecule has 2 aliphatic heterocycles. The van der Waals surface area contributed by atoms with Crippen LogP contribution in [0.25, 0.3) is 0 Å². The second-order valence-corrected chi connectivity index (χ2v) is 8.18. The van der Waals surface area contributed by atoms with E-state index in [1.54, 1.807) is 6.08 Å². The van der Waals surface area contributed by atoms with Crippen LogP contribution in [0, 0.1) is 17.8 Å². The zero-order valence-electron chi connectivity index (χ0n) is 16.3. The number of fused-ring (bicyclic) bond motifs is 1. The van der Waals surface area contributed by atoms with Gasteiger partial charge in [0.1, 0.15) is 18.4 Å². The number of carbonyl (C=O) groups is 1. The molecule has 8 atom stereocenters. The first-order valence-corrected chi connectivity index (χ1v) is 10.4. The first kappa shape index (κ1) is 20.7. The van der Waals surface area contributed by atoms with Crippen molar-refractivity contribution in [3.63, 3.8) is 0 Å². The van der Waals surface area contributed by atoms with Gasteiger partial charge in [-0.15, -0.1) is 0 Å². The molecule has 0 amide bonds. The number of halogens is 2. The van der Waals surface area contributed by atoms with Gasteiger partial charge in [0, 0.05) is 12.5 Å². The third-order valence-corrected chi connectivity index (χ3v) is 6.13. The Morgan fingerprint density at radius 2 is 2.19 bits per heavy atom. The summed E-state index contributed by atoms with van der Waals surface area (Å²) >= 11 is 0. The molecule has 154 valence electrons. The predicted octanol–water partition coefficient (Wildman–Crippen LogP) is 4.52. The lowest BCUT2D eigenvalue weighted by Crippen LogP contribution is -2.33. The third kappa shape index (κ3) is 4.89. The van der Waals surface area contributed by atoms with Crippen LogP contribution in [-0.4, -0.2) is 43.4 Å². The minimum atomic E-state index is -1.59. The highest BCUT2D eigenvalue weighted by atomic mass is 19.1. The smallest absolute Gasteiger partial charge is 0.341 e. The van der Waals surface area contributed by atoms with E-state index in [9.17, 15) is 13.6 Å².